The molecule has 0 unspecified atom stereocenters. The van der Waals surface area contributed by atoms with Crippen LogP contribution in [0.4, 0.5) is 0 Å². The lowest BCUT2D eigenvalue weighted by Gasteiger charge is -2.26. The van der Waals surface area contributed by atoms with Crippen LogP contribution in [0.5, 0.6) is 11.5 Å². The molecule has 146 valence electrons. The van der Waals surface area contributed by atoms with Crippen molar-refractivity contribution < 1.29 is 14.3 Å². The molecule has 0 spiro atoms. The predicted octanol–water partition coefficient (Wildman–Crippen LogP) is 5.83. The maximum atomic E-state index is 12.4. The van der Waals surface area contributed by atoms with Gasteiger partial charge >= 0.3 is 5.97 Å². The molecule has 1 heterocycles. The Balaban J connectivity index is 1.55. The maximum absolute atomic E-state index is 12.4. The van der Waals surface area contributed by atoms with Crippen LogP contribution in [0.25, 0.3) is 0 Å². The molecule has 4 heteroatoms. The summed E-state index contributed by atoms with van der Waals surface area (Å²) >= 11 is 0. The third-order valence-corrected chi connectivity index (χ3v) is 5.15. The van der Waals surface area contributed by atoms with Crippen molar-refractivity contribution in [2.24, 2.45) is 0 Å². The molecular weight excluding hydrogens is 350 g/mol. The first-order valence-corrected chi connectivity index (χ1v) is 10.2. The minimum Gasteiger partial charge on any atom is -0.490 e. The highest BCUT2D eigenvalue weighted by Gasteiger charge is 2.21. The summed E-state index contributed by atoms with van der Waals surface area (Å²) in [6.45, 7) is 2.23. The zero-order valence-corrected chi connectivity index (χ0v) is 16.4. The fourth-order valence-corrected chi connectivity index (χ4v) is 3.51. The van der Waals surface area contributed by atoms with E-state index < -0.39 is 5.97 Å². The molecule has 0 amide bonds. The second-order valence-corrected chi connectivity index (χ2v) is 7.33. The molecule has 4 nitrogen and oxygen atoms in total. The second kappa shape index (κ2) is 9.94. The fourth-order valence-electron chi connectivity index (χ4n) is 3.51. The van der Waals surface area contributed by atoms with Crippen LogP contribution in [0.1, 0.15) is 73.4 Å². The number of esters is 1. The van der Waals surface area contributed by atoms with E-state index in [1.54, 1.807) is 30.3 Å². The summed E-state index contributed by atoms with van der Waals surface area (Å²) in [5.41, 5.74) is 2.12. The summed E-state index contributed by atoms with van der Waals surface area (Å²) in [4.78, 5) is 12.4. The standard InChI is InChI=1S/C24H27NO3/c1-2-3-4-5-6-7-21-14-10-19-16-20(11-15-23(19)27-21)24(26)28-22-12-8-18(17-25)9-13-22/h8-9,11-13,15-16,21H,2-7,10,14H2,1H3/t21-/m1/s1. The van der Waals surface area contributed by atoms with Crippen molar-refractivity contribution in [1.82, 2.24) is 0 Å². The van der Waals surface area contributed by atoms with Gasteiger partial charge in [0.15, 0.2) is 0 Å². The minimum atomic E-state index is -0.398. The van der Waals surface area contributed by atoms with E-state index >= 15 is 0 Å². The average Bonchev–Trinajstić information content (AvgIpc) is 2.73. The van der Waals surface area contributed by atoms with Crippen LogP contribution in [0, 0.1) is 11.3 Å². The highest BCUT2D eigenvalue weighted by molar-refractivity contribution is 5.91. The number of carbonyl (C=O) groups is 1. The first-order chi connectivity index (χ1) is 13.7. The van der Waals surface area contributed by atoms with Crippen molar-refractivity contribution in [2.75, 3.05) is 0 Å². The number of carbonyl (C=O) groups excluding carboxylic acids is 1. The molecule has 0 saturated carbocycles. The largest absolute Gasteiger partial charge is 0.490 e. The van der Waals surface area contributed by atoms with E-state index in [9.17, 15) is 4.79 Å². The first kappa shape index (κ1) is 19.9. The molecule has 28 heavy (non-hydrogen) atoms. The van der Waals surface area contributed by atoms with E-state index in [1.807, 2.05) is 18.2 Å². The number of nitrogens with zero attached hydrogens (tertiary/aromatic N) is 1. The van der Waals surface area contributed by atoms with Crippen molar-refractivity contribution in [3.05, 3.63) is 59.2 Å². The predicted molar refractivity (Wildman–Crippen MR) is 109 cm³/mol. The molecule has 1 atom stereocenters. The molecule has 3 rings (SSSR count). The van der Waals surface area contributed by atoms with Crippen LogP contribution in [-0.4, -0.2) is 12.1 Å². The normalized spacial score (nSPS) is 15.2. The Bertz CT molecular complexity index is 836. The monoisotopic (exact) mass is 377 g/mol. The SMILES string of the molecule is CCCCCCC[C@@H]1CCc2cc(C(=O)Oc3ccc(C#N)cc3)ccc2O1. The number of hydrogen-bond donors (Lipinski definition) is 0. The maximum Gasteiger partial charge on any atom is 0.343 e. The van der Waals surface area contributed by atoms with Crippen LogP contribution in [0.15, 0.2) is 42.5 Å². The minimum absolute atomic E-state index is 0.283. The van der Waals surface area contributed by atoms with Gasteiger partial charge in [-0.05, 0) is 73.7 Å². The molecule has 1 aliphatic rings. The van der Waals surface area contributed by atoms with E-state index in [0.29, 0.717) is 16.9 Å². The molecule has 1 aliphatic heterocycles. The van der Waals surface area contributed by atoms with Crippen LogP contribution in [-0.2, 0) is 6.42 Å². The number of aryl methyl sites for hydroxylation is 1. The second-order valence-electron chi connectivity index (χ2n) is 7.33. The molecule has 0 radical (unpaired) electrons. The molecular formula is C24H27NO3. The lowest BCUT2D eigenvalue weighted by Crippen LogP contribution is -2.23. The molecule has 2 aromatic rings. The Labute approximate surface area is 167 Å². The zero-order valence-electron chi connectivity index (χ0n) is 16.4. The summed E-state index contributed by atoms with van der Waals surface area (Å²) in [5.74, 6) is 0.923. The number of nitriles is 1. The van der Waals surface area contributed by atoms with Gasteiger partial charge < -0.3 is 9.47 Å². The topological polar surface area (TPSA) is 59.3 Å². The number of hydrogen-bond acceptors (Lipinski definition) is 4. The van der Waals surface area contributed by atoms with Gasteiger partial charge in [0.05, 0.1) is 23.3 Å². The van der Waals surface area contributed by atoms with E-state index in [-0.39, 0.29) is 6.10 Å². The van der Waals surface area contributed by atoms with Gasteiger partial charge in [-0.15, -0.1) is 0 Å². The van der Waals surface area contributed by atoms with E-state index in [1.165, 1.54) is 32.1 Å². The summed E-state index contributed by atoms with van der Waals surface area (Å²) < 4.78 is 11.5. The number of unbranched alkanes of at least 4 members (excludes halogenated alkanes) is 4. The highest BCUT2D eigenvalue weighted by atomic mass is 16.5. The third kappa shape index (κ3) is 5.36. The van der Waals surface area contributed by atoms with E-state index in [4.69, 9.17) is 14.7 Å². The lowest BCUT2D eigenvalue weighted by molar-refractivity contribution is 0.0734. The zero-order chi connectivity index (χ0) is 19.8. The summed E-state index contributed by atoms with van der Waals surface area (Å²) in [5, 5.41) is 8.83. The third-order valence-electron chi connectivity index (χ3n) is 5.15. The van der Waals surface area contributed by atoms with Crippen molar-refractivity contribution in [2.45, 2.75) is 64.4 Å². The summed E-state index contributed by atoms with van der Waals surface area (Å²) in [6.07, 6.45) is 9.69. The van der Waals surface area contributed by atoms with Crippen LogP contribution in [0.3, 0.4) is 0 Å². The van der Waals surface area contributed by atoms with Gasteiger partial charge in [0, 0.05) is 0 Å². The van der Waals surface area contributed by atoms with Gasteiger partial charge in [-0.3, -0.25) is 0 Å². The molecule has 0 saturated heterocycles. The van der Waals surface area contributed by atoms with Crippen molar-refractivity contribution >= 4 is 5.97 Å². The first-order valence-electron chi connectivity index (χ1n) is 10.2. The quantitative estimate of drug-likeness (QED) is 0.330. The highest BCUT2D eigenvalue weighted by Crippen LogP contribution is 2.30. The average molecular weight is 377 g/mol. The number of benzene rings is 2. The van der Waals surface area contributed by atoms with Gasteiger partial charge in [0.1, 0.15) is 11.5 Å². The summed E-state index contributed by atoms with van der Waals surface area (Å²) in [7, 11) is 0. The van der Waals surface area contributed by atoms with E-state index in [0.717, 1.165) is 30.6 Å². The Morgan fingerprint density at radius 2 is 1.93 bits per heavy atom. The molecule has 0 bridgehead atoms. The molecule has 0 aromatic heterocycles. The smallest absolute Gasteiger partial charge is 0.343 e. The van der Waals surface area contributed by atoms with Gasteiger partial charge in [0.2, 0.25) is 0 Å². The lowest BCUT2D eigenvalue weighted by atomic mass is 9.97. The van der Waals surface area contributed by atoms with E-state index in [2.05, 4.69) is 6.92 Å². The van der Waals surface area contributed by atoms with Crippen molar-refractivity contribution in [1.29, 1.82) is 5.26 Å². The van der Waals surface area contributed by atoms with Crippen LogP contribution >= 0.6 is 0 Å². The molecule has 0 N–H and O–H groups in total. The van der Waals surface area contributed by atoms with Crippen molar-refractivity contribution in [3.63, 3.8) is 0 Å². The number of rotatable bonds is 8. The Morgan fingerprint density at radius 3 is 2.68 bits per heavy atom. The summed E-state index contributed by atoms with van der Waals surface area (Å²) in [6, 6.07) is 14.1. The molecule has 0 aliphatic carbocycles. The Hall–Kier alpha value is -2.80. The molecule has 0 fully saturated rings. The number of fused-ring (bicyclic) bond motifs is 1. The Kier molecular flexibility index (Phi) is 7.08. The number of ether oxygens (including phenoxy) is 2. The van der Waals surface area contributed by atoms with Crippen molar-refractivity contribution in [3.8, 4) is 17.6 Å². The van der Waals surface area contributed by atoms with Crippen LogP contribution in [0.2, 0.25) is 0 Å². The Morgan fingerprint density at radius 1 is 1.14 bits per heavy atom. The van der Waals surface area contributed by atoms with Gasteiger partial charge in [-0.2, -0.15) is 5.26 Å². The van der Waals surface area contributed by atoms with Gasteiger partial charge in [-0.25, -0.2) is 4.79 Å². The fraction of sp³-hybridized carbons (Fsp3) is 0.417. The van der Waals surface area contributed by atoms with Gasteiger partial charge in [-0.1, -0.05) is 32.6 Å². The van der Waals surface area contributed by atoms with Crippen LogP contribution < -0.4 is 9.47 Å². The van der Waals surface area contributed by atoms with Gasteiger partial charge in [0.25, 0.3) is 0 Å². The molecule has 2 aromatic carbocycles.